The van der Waals surface area contributed by atoms with Crippen molar-refractivity contribution in [1.29, 1.82) is 5.26 Å². The molecule has 3 N–H and O–H groups in total. The first kappa shape index (κ1) is 28.5. The molecule has 0 aliphatic carbocycles. The predicted octanol–water partition coefficient (Wildman–Crippen LogP) is 6.10. The van der Waals surface area contributed by atoms with Gasteiger partial charge in [-0.25, -0.2) is 4.39 Å². The summed E-state index contributed by atoms with van der Waals surface area (Å²) in [6.45, 7) is 3.70. The van der Waals surface area contributed by atoms with Gasteiger partial charge >= 0.3 is 0 Å². The maximum Gasteiger partial charge on any atom is 0.254 e. The smallest absolute Gasteiger partial charge is 0.254 e. The number of hydrogen-bond donors (Lipinski definition) is 3. The number of halogens is 1. The molecule has 40 heavy (non-hydrogen) atoms. The number of dihydropyridines is 1. The summed E-state index contributed by atoms with van der Waals surface area (Å²) in [6, 6.07) is 22.7. The van der Waals surface area contributed by atoms with Crippen LogP contribution >= 0.6 is 11.8 Å². The zero-order valence-corrected chi connectivity index (χ0v) is 23.2. The number of carbonyl (C=O) groups is 2. The third-order valence-electron chi connectivity index (χ3n) is 6.48. The second kappa shape index (κ2) is 13.0. The van der Waals surface area contributed by atoms with Crippen LogP contribution in [0.15, 0.2) is 94.7 Å². The molecule has 0 radical (unpaired) electrons. The number of nitriles is 1. The third kappa shape index (κ3) is 6.19. The molecule has 3 aromatic carbocycles. The number of amides is 2. The Balaban J connectivity index is 1.66. The van der Waals surface area contributed by atoms with Gasteiger partial charge in [0, 0.05) is 22.5 Å². The maximum absolute atomic E-state index is 15.2. The monoisotopic (exact) mass is 556 g/mol. The van der Waals surface area contributed by atoms with Crippen molar-refractivity contribution < 1.29 is 18.7 Å². The van der Waals surface area contributed by atoms with E-state index in [1.807, 2.05) is 31.2 Å². The van der Waals surface area contributed by atoms with Crippen LogP contribution in [0.5, 0.6) is 5.75 Å². The van der Waals surface area contributed by atoms with E-state index in [2.05, 4.69) is 22.0 Å². The summed E-state index contributed by atoms with van der Waals surface area (Å²) >= 11 is 1.13. The zero-order valence-electron chi connectivity index (χ0n) is 22.4. The van der Waals surface area contributed by atoms with Crippen molar-refractivity contribution in [1.82, 2.24) is 5.32 Å². The summed E-state index contributed by atoms with van der Waals surface area (Å²) in [5.41, 5.74) is 3.15. The van der Waals surface area contributed by atoms with Gasteiger partial charge in [-0.3, -0.25) is 9.59 Å². The Bertz CT molecular complexity index is 1540. The van der Waals surface area contributed by atoms with Gasteiger partial charge in [0.25, 0.3) is 5.91 Å². The first-order valence-corrected chi connectivity index (χ1v) is 13.7. The van der Waals surface area contributed by atoms with Crippen LogP contribution in [-0.2, 0) is 16.0 Å². The molecule has 1 atom stereocenters. The fourth-order valence-electron chi connectivity index (χ4n) is 4.56. The Hall–Kier alpha value is -4.55. The number of hydrogen-bond acceptors (Lipinski definition) is 6. The lowest BCUT2D eigenvalue weighted by molar-refractivity contribution is -0.114. The SMILES string of the molecule is CCc1ccccc1NC(=O)CSC1=C(C#N)[C@H](c2ccccc2F)C(C(=O)Nc2ccccc2OC)=C(C)N1. The average molecular weight is 557 g/mol. The van der Waals surface area contributed by atoms with E-state index in [1.165, 1.54) is 13.2 Å². The van der Waals surface area contributed by atoms with Gasteiger partial charge in [-0.1, -0.05) is 67.2 Å². The normalized spacial score (nSPS) is 14.7. The third-order valence-corrected chi connectivity index (χ3v) is 7.50. The maximum atomic E-state index is 15.2. The average Bonchev–Trinajstić information content (AvgIpc) is 2.96. The van der Waals surface area contributed by atoms with Gasteiger partial charge in [0.05, 0.1) is 41.1 Å². The Morgan fingerprint density at radius 1 is 1.02 bits per heavy atom. The van der Waals surface area contributed by atoms with Crippen LogP contribution in [0.4, 0.5) is 15.8 Å². The Morgan fingerprint density at radius 2 is 1.70 bits per heavy atom. The van der Waals surface area contributed by atoms with Crippen molar-refractivity contribution in [3.05, 3.63) is 112 Å². The number of nitrogens with zero attached hydrogens (tertiary/aromatic N) is 1. The van der Waals surface area contributed by atoms with Gasteiger partial charge in [0.1, 0.15) is 11.6 Å². The molecule has 7 nitrogen and oxygen atoms in total. The fourth-order valence-corrected chi connectivity index (χ4v) is 5.45. The zero-order chi connectivity index (χ0) is 28.6. The summed E-state index contributed by atoms with van der Waals surface area (Å²) in [6.07, 6.45) is 0.767. The van der Waals surface area contributed by atoms with E-state index in [0.29, 0.717) is 22.2 Å². The van der Waals surface area contributed by atoms with Gasteiger partial charge < -0.3 is 20.7 Å². The summed E-state index contributed by atoms with van der Waals surface area (Å²) < 4.78 is 20.5. The molecule has 1 aliphatic rings. The number of nitrogens with one attached hydrogen (secondary N) is 3. The predicted molar refractivity (Wildman–Crippen MR) is 156 cm³/mol. The van der Waals surface area contributed by atoms with Crippen molar-refractivity contribution in [2.24, 2.45) is 0 Å². The highest BCUT2D eigenvalue weighted by molar-refractivity contribution is 8.03. The van der Waals surface area contributed by atoms with Gasteiger partial charge in [-0.2, -0.15) is 5.26 Å². The van der Waals surface area contributed by atoms with Crippen molar-refractivity contribution in [3.63, 3.8) is 0 Å². The molecule has 0 bridgehead atoms. The lowest BCUT2D eigenvalue weighted by Gasteiger charge is -2.30. The van der Waals surface area contributed by atoms with E-state index in [1.54, 1.807) is 49.4 Å². The number of methoxy groups -OCH3 is 1. The number of thioether (sulfide) groups is 1. The molecule has 2 amide bonds. The molecule has 0 saturated heterocycles. The molecule has 0 fully saturated rings. The van der Waals surface area contributed by atoms with Gasteiger partial charge in [0.2, 0.25) is 5.91 Å². The molecule has 9 heteroatoms. The van der Waals surface area contributed by atoms with Crippen LogP contribution in [0.2, 0.25) is 0 Å². The minimum atomic E-state index is -0.992. The minimum absolute atomic E-state index is 0.00553. The van der Waals surface area contributed by atoms with E-state index < -0.39 is 17.6 Å². The number of ether oxygens (including phenoxy) is 1. The molecule has 0 spiro atoms. The van der Waals surface area contributed by atoms with Crippen LogP contribution in [0, 0.1) is 17.1 Å². The first-order valence-electron chi connectivity index (χ1n) is 12.7. The van der Waals surface area contributed by atoms with Gasteiger partial charge in [0.15, 0.2) is 0 Å². The number of benzene rings is 3. The standard InChI is InChI=1S/C31H29FN4O3S/c1-4-20-11-5-8-14-24(20)35-27(37)18-40-31-22(17-33)29(21-12-6-7-13-23(21)32)28(19(2)34-31)30(38)36-25-15-9-10-16-26(25)39-3/h5-16,29,34H,4,18H2,1-3H3,(H,35,37)(H,36,38)/t29-/m0/s1. The summed E-state index contributed by atoms with van der Waals surface area (Å²) in [7, 11) is 1.50. The van der Waals surface area contributed by atoms with Crippen LogP contribution in [-0.4, -0.2) is 24.7 Å². The number of para-hydroxylation sites is 3. The minimum Gasteiger partial charge on any atom is -0.495 e. The molecule has 0 unspecified atom stereocenters. The highest BCUT2D eigenvalue weighted by atomic mass is 32.2. The largest absolute Gasteiger partial charge is 0.495 e. The lowest BCUT2D eigenvalue weighted by Crippen LogP contribution is -2.31. The number of rotatable bonds is 9. The number of allylic oxidation sites excluding steroid dienone is 2. The quantitative estimate of drug-likeness (QED) is 0.294. The van der Waals surface area contributed by atoms with Crippen LogP contribution in [0.25, 0.3) is 0 Å². The highest BCUT2D eigenvalue weighted by Crippen LogP contribution is 2.42. The summed E-state index contributed by atoms with van der Waals surface area (Å²) in [5, 5.41) is 19.5. The highest BCUT2D eigenvalue weighted by Gasteiger charge is 2.36. The van der Waals surface area contributed by atoms with Crippen LogP contribution in [0.3, 0.4) is 0 Å². The first-order chi connectivity index (χ1) is 19.4. The second-order valence-corrected chi connectivity index (χ2v) is 9.96. The summed E-state index contributed by atoms with van der Waals surface area (Å²) in [4.78, 5) is 26.5. The van der Waals surface area contributed by atoms with E-state index >= 15 is 4.39 Å². The number of aryl methyl sites for hydroxylation is 1. The Labute approximate surface area is 237 Å². The molecular formula is C31H29FN4O3S. The molecule has 1 aliphatic heterocycles. The second-order valence-electron chi connectivity index (χ2n) is 8.97. The molecule has 3 aromatic rings. The van der Waals surface area contributed by atoms with E-state index in [0.717, 1.165) is 29.4 Å². The molecular weight excluding hydrogens is 527 g/mol. The van der Waals surface area contributed by atoms with Crippen molar-refractivity contribution in [2.75, 3.05) is 23.5 Å². The Morgan fingerprint density at radius 3 is 2.40 bits per heavy atom. The molecule has 0 aromatic heterocycles. The molecule has 204 valence electrons. The summed E-state index contributed by atoms with van der Waals surface area (Å²) in [5.74, 6) is -1.83. The lowest BCUT2D eigenvalue weighted by atomic mass is 9.82. The van der Waals surface area contributed by atoms with Gasteiger partial charge in [-0.05, 0) is 43.2 Å². The van der Waals surface area contributed by atoms with Crippen molar-refractivity contribution in [2.45, 2.75) is 26.2 Å². The van der Waals surface area contributed by atoms with E-state index in [9.17, 15) is 14.9 Å². The van der Waals surface area contributed by atoms with Crippen molar-refractivity contribution >= 4 is 35.0 Å². The molecule has 1 heterocycles. The molecule has 0 saturated carbocycles. The number of anilines is 2. The van der Waals surface area contributed by atoms with E-state index in [-0.39, 0.29) is 28.4 Å². The van der Waals surface area contributed by atoms with E-state index in [4.69, 9.17) is 4.74 Å². The molecule has 4 rings (SSSR count). The topological polar surface area (TPSA) is 103 Å². The Kier molecular flexibility index (Phi) is 9.25. The fraction of sp³-hybridized carbons (Fsp3) is 0.194. The van der Waals surface area contributed by atoms with Crippen LogP contribution in [0.1, 0.15) is 30.9 Å². The van der Waals surface area contributed by atoms with Crippen LogP contribution < -0.4 is 20.7 Å². The van der Waals surface area contributed by atoms with Gasteiger partial charge in [-0.15, -0.1) is 0 Å². The van der Waals surface area contributed by atoms with Crippen molar-refractivity contribution in [3.8, 4) is 11.8 Å². The number of carbonyl (C=O) groups excluding carboxylic acids is 2.